The van der Waals surface area contributed by atoms with Gasteiger partial charge in [-0.05, 0) is 54.4 Å². The van der Waals surface area contributed by atoms with Crippen molar-refractivity contribution in [2.75, 3.05) is 0 Å². The fraction of sp³-hybridized carbons (Fsp3) is 0.500. The zero-order valence-electron chi connectivity index (χ0n) is 27.9. The molecular weight excluding hydrogens is 567 g/mol. The van der Waals surface area contributed by atoms with Crippen molar-refractivity contribution in [3.8, 4) is 11.8 Å². The predicted octanol–water partition coefficient (Wildman–Crippen LogP) is 11.8. The molecule has 3 heteroatoms. The number of benzene rings is 2. The molecule has 0 aliphatic rings. The molecule has 0 fully saturated rings. The first-order valence-corrected chi connectivity index (χ1v) is 16.1. The Bertz CT molecular complexity index is 1140. The Morgan fingerprint density at radius 3 is 1.56 bits per heavy atom. The maximum atomic E-state index is 9.17. The van der Waals surface area contributed by atoms with E-state index in [2.05, 4.69) is 91.8 Å². The van der Waals surface area contributed by atoms with Gasteiger partial charge in [0.25, 0.3) is 0 Å². The average molecular weight is 626 g/mol. The van der Waals surface area contributed by atoms with Crippen LogP contribution in [0, 0.1) is 26.7 Å². The molecule has 0 saturated carbocycles. The topological polar surface area (TPSA) is 36.4 Å². The maximum absolute atomic E-state index is 9.17. The number of nitrogens with zero attached hydrogens (tertiary/aromatic N) is 2. The molecule has 0 bridgehead atoms. The van der Waals surface area contributed by atoms with Crippen molar-refractivity contribution >= 4 is 11.4 Å². The minimum absolute atomic E-state index is 0. The van der Waals surface area contributed by atoms with Gasteiger partial charge in [-0.1, -0.05) is 152 Å². The molecule has 0 amide bonds. The quantitative estimate of drug-likeness (QED) is 0.0218. The van der Waals surface area contributed by atoms with Gasteiger partial charge in [0.2, 0.25) is 0 Å². The van der Waals surface area contributed by atoms with Crippen molar-refractivity contribution in [1.82, 2.24) is 0 Å². The molecule has 0 spiro atoms. The standard InChI is InChI=1S/C38H52N2.2CH3.Ni/c1-4-7-10-12-13-14-15-16-17-19-22-35(31-32-40-39)38(36-27-23-33(24-28-36)20-9-6-3)37-29-25-34(26-30-37)21-18-11-8-5-2;;;/h23-31H,4-18,20-21H2,1-3H3;2*1H3;/q;2*-1;+2. The zero-order chi connectivity index (χ0) is 28.7. The van der Waals surface area contributed by atoms with E-state index >= 15 is 0 Å². The van der Waals surface area contributed by atoms with Crippen molar-refractivity contribution in [3.63, 3.8) is 0 Å². The van der Waals surface area contributed by atoms with Crippen LogP contribution in [0.4, 0.5) is 0 Å². The number of hydrogen-bond donors (Lipinski definition) is 0. The van der Waals surface area contributed by atoms with Gasteiger partial charge in [-0.15, -0.1) is 4.79 Å². The van der Waals surface area contributed by atoms with Crippen molar-refractivity contribution in [3.05, 3.63) is 103 Å². The molecule has 0 heterocycles. The summed E-state index contributed by atoms with van der Waals surface area (Å²) in [4.78, 5) is 3.15. The monoisotopic (exact) mass is 624 g/mol. The second kappa shape index (κ2) is 28.2. The van der Waals surface area contributed by atoms with Crippen LogP contribution in [-0.4, -0.2) is 10.7 Å². The minimum atomic E-state index is 0. The third kappa shape index (κ3) is 18.0. The molecule has 238 valence electrons. The molecule has 0 saturated heterocycles. The average Bonchev–Trinajstić information content (AvgIpc) is 2.99. The Balaban J connectivity index is 0. The van der Waals surface area contributed by atoms with E-state index in [1.165, 1.54) is 94.6 Å². The molecule has 43 heavy (non-hydrogen) atoms. The summed E-state index contributed by atoms with van der Waals surface area (Å²) in [5, 5.41) is 0. The summed E-state index contributed by atoms with van der Waals surface area (Å²) in [6.45, 7) is 6.75. The number of rotatable bonds is 19. The number of aryl methyl sites for hydroxylation is 2. The third-order valence-electron chi connectivity index (χ3n) is 7.54. The van der Waals surface area contributed by atoms with E-state index in [4.69, 9.17) is 0 Å². The van der Waals surface area contributed by atoms with Crippen LogP contribution < -0.4 is 0 Å². The first-order chi connectivity index (χ1) is 19.7. The van der Waals surface area contributed by atoms with Crippen LogP contribution in [0.2, 0.25) is 0 Å². The van der Waals surface area contributed by atoms with E-state index in [1.54, 1.807) is 6.08 Å². The molecule has 2 rings (SSSR count). The summed E-state index contributed by atoms with van der Waals surface area (Å²) in [6, 6.07) is 17.9. The summed E-state index contributed by atoms with van der Waals surface area (Å²) in [5.41, 5.74) is 16.1. The fourth-order valence-corrected chi connectivity index (χ4v) is 5.06. The first kappa shape index (κ1) is 42.5. The smallest absolute Gasteiger partial charge is 0.358 e. The molecule has 0 aromatic heterocycles. The van der Waals surface area contributed by atoms with Crippen molar-refractivity contribution in [1.29, 1.82) is 0 Å². The molecule has 0 N–H and O–H groups in total. The normalized spacial score (nSPS) is 10.4. The van der Waals surface area contributed by atoms with Gasteiger partial charge in [-0.25, -0.2) is 0 Å². The van der Waals surface area contributed by atoms with Gasteiger partial charge in [0.05, 0.1) is 6.08 Å². The Hall–Kier alpha value is -2.61. The molecule has 0 aliphatic heterocycles. The van der Waals surface area contributed by atoms with Gasteiger partial charge < -0.3 is 20.4 Å². The van der Waals surface area contributed by atoms with Crippen molar-refractivity contribution in [2.24, 2.45) is 0 Å². The van der Waals surface area contributed by atoms with E-state index in [0.29, 0.717) is 0 Å². The summed E-state index contributed by atoms with van der Waals surface area (Å²) in [5.74, 6) is 9.48. The number of unbranched alkanes of at least 4 members (excludes halogenated alkanes) is 12. The maximum Gasteiger partial charge on any atom is 2.00 e. The summed E-state index contributed by atoms with van der Waals surface area (Å²) >= 11 is 0. The van der Waals surface area contributed by atoms with Crippen molar-refractivity contribution < 1.29 is 21.3 Å². The van der Waals surface area contributed by atoms with Crippen LogP contribution in [0.25, 0.3) is 11.1 Å². The van der Waals surface area contributed by atoms with Gasteiger partial charge >= 0.3 is 22.4 Å². The Morgan fingerprint density at radius 1 is 0.628 bits per heavy atom. The van der Waals surface area contributed by atoms with E-state index in [-0.39, 0.29) is 31.3 Å². The molecule has 2 nitrogen and oxygen atoms in total. The molecule has 2 aromatic rings. The summed E-state index contributed by atoms with van der Waals surface area (Å²) < 4.78 is 0. The number of hydrogen-bond acceptors (Lipinski definition) is 0. The first-order valence-electron chi connectivity index (χ1n) is 16.1. The predicted molar refractivity (Wildman–Crippen MR) is 186 cm³/mol. The van der Waals surface area contributed by atoms with E-state index in [9.17, 15) is 5.53 Å². The van der Waals surface area contributed by atoms with E-state index in [1.807, 2.05) is 0 Å². The number of allylic oxidation sites excluding steroid dienone is 2. The second-order valence-corrected chi connectivity index (χ2v) is 11.0. The van der Waals surface area contributed by atoms with Gasteiger partial charge in [0, 0.05) is 17.6 Å². The third-order valence-corrected chi connectivity index (χ3v) is 7.54. The Morgan fingerprint density at radius 2 is 1.07 bits per heavy atom. The second-order valence-electron chi connectivity index (χ2n) is 11.0. The van der Waals surface area contributed by atoms with Crippen LogP contribution in [0.3, 0.4) is 0 Å². The largest absolute Gasteiger partial charge is 2.00 e. The fourth-order valence-electron chi connectivity index (χ4n) is 5.06. The van der Waals surface area contributed by atoms with Crippen LogP contribution in [0.5, 0.6) is 0 Å². The Kier molecular flexibility index (Phi) is 27.9. The molecular formula is C40H58N2Ni. The Labute approximate surface area is 276 Å². The van der Waals surface area contributed by atoms with Crippen molar-refractivity contribution in [2.45, 2.75) is 130 Å². The molecule has 0 radical (unpaired) electrons. The van der Waals surface area contributed by atoms with Crippen LogP contribution in [-0.2, 0) is 29.3 Å². The minimum Gasteiger partial charge on any atom is -0.358 e. The van der Waals surface area contributed by atoms with Gasteiger partial charge in [-0.2, -0.15) is 0 Å². The summed E-state index contributed by atoms with van der Waals surface area (Å²) in [7, 11) is 0. The van der Waals surface area contributed by atoms with Crippen LogP contribution in [0.15, 0.2) is 60.2 Å². The molecule has 2 aromatic carbocycles. The van der Waals surface area contributed by atoms with Gasteiger partial charge in [0.1, 0.15) is 0 Å². The molecule has 0 unspecified atom stereocenters. The van der Waals surface area contributed by atoms with Crippen LogP contribution in [0.1, 0.15) is 139 Å². The summed E-state index contributed by atoms with van der Waals surface area (Å²) in [6.07, 6.45) is 22.7. The van der Waals surface area contributed by atoms with Gasteiger partial charge in [0.15, 0.2) is 0 Å². The molecule has 0 atom stereocenters. The molecule has 0 aliphatic carbocycles. The van der Waals surface area contributed by atoms with E-state index in [0.717, 1.165) is 48.0 Å². The van der Waals surface area contributed by atoms with Gasteiger partial charge in [-0.3, -0.25) is 0 Å². The SMILES string of the molecule is CCCCCCCCCCC#CC(C=C=[N+]=[N-])=C(c1ccc(CCCC)cc1)c1ccc(CCCCCC)cc1.[CH3-].[CH3-].[Ni+2]. The van der Waals surface area contributed by atoms with E-state index < -0.39 is 0 Å². The zero-order valence-corrected chi connectivity index (χ0v) is 28.9. The van der Waals surface area contributed by atoms with Crippen LogP contribution >= 0.6 is 0 Å².